The molecule has 0 radical (unpaired) electrons. The van der Waals surface area contributed by atoms with Crippen LogP contribution in [0.2, 0.25) is 0 Å². The summed E-state index contributed by atoms with van der Waals surface area (Å²) in [5.74, 6) is 0. The molecule has 0 saturated carbocycles. The highest BCUT2D eigenvalue weighted by atomic mass is 127. The molecule has 0 aliphatic heterocycles. The van der Waals surface area contributed by atoms with Crippen LogP contribution in [0.4, 0.5) is 0 Å². The molecule has 74 valence electrons. The zero-order valence-corrected chi connectivity index (χ0v) is 10.9. The van der Waals surface area contributed by atoms with Gasteiger partial charge in [-0.1, -0.05) is 0 Å². The van der Waals surface area contributed by atoms with E-state index in [0.717, 1.165) is 6.42 Å². The molecule has 0 spiro atoms. The maximum Gasteiger partial charge on any atom is 0.208 e. The van der Waals surface area contributed by atoms with Gasteiger partial charge in [0.1, 0.15) is 0 Å². The molecule has 1 N–H and O–H groups in total. The number of halogens is 1. The van der Waals surface area contributed by atoms with Crippen LogP contribution < -0.4 is 4.72 Å². The van der Waals surface area contributed by atoms with E-state index < -0.39 is 10.0 Å². The first-order valence-corrected chi connectivity index (χ1v) is 7.45. The molecule has 0 atom stereocenters. The quantitative estimate of drug-likeness (QED) is 0.849. The van der Waals surface area contributed by atoms with Gasteiger partial charge in [0, 0.05) is 11.4 Å². The van der Waals surface area contributed by atoms with E-state index in [1.807, 2.05) is 12.1 Å². The molecule has 0 aliphatic carbocycles. The minimum atomic E-state index is -3.03. The van der Waals surface area contributed by atoms with Gasteiger partial charge >= 0.3 is 0 Å². The second-order valence-electron chi connectivity index (χ2n) is 2.62. The average molecular weight is 331 g/mol. The first-order valence-electron chi connectivity index (χ1n) is 3.66. The Labute approximate surface area is 95.7 Å². The van der Waals surface area contributed by atoms with Crippen molar-refractivity contribution < 1.29 is 8.42 Å². The first kappa shape index (κ1) is 11.4. The highest BCUT2D eigenvalue weighted by Gasteiger charge is 2.01. The van der Waals surface area contributed by atoms with E-state index in [9.17, 15) is 8.42 Å². The molecule has 0 aromatic carbocycles. The summed E-state index contributed by atoms with van der Waals surface area (Å²) in [6, 6.07) is 4.05. The van der Waals surface area contributed by atoms with Gasteiger partial charge in [0.15, 0.2) is 0 Å². The molecule has 1 aromatic heterocycles. The molecule has 0 unspecified atom stereocenters. The summed E-state index contributed by atoms with van der Waals surface area (Å²) < 4.78 is 25.1. The monoisotopic (exact) mass is 331 g/mol. The van der Waals surface area contributed by atoms with Gasteiger partial charge in [-0.2, -0.15) is 0 Å². The molecule has 3 nitrogen and oxygen atoms in total. The number of thiophene rings is 1. The first-order chi connectivity index (χ1) is 5.97. The minimum absolute atomic E-state index is 0.482. The normalized spacial score (nSPS) is 11.8. The molecule has 1 aromatic rings. The Hall–Kier alpha value is 0.340. The Balaban J connectivity index is 2.36. The van der Waals surface area contributed by atoms with Gasteiger partial charge in [0.2, 0.25) is 10.0 Å². The topological polar surface area (TPSA) is 46.2 Å². The number of hydrogen-bond acceptors (Lipinski definition) is 3. The van der Waals surface area contributed by atoms with Crippen LogP contribution in [-0.4, -0.2) is 21.2 Å². The third kappa shape index (κ3) is 4.94. The van der Waals surface area contributed by atoms with Crippen molar-refractivity contribution in [1.29, 1.82) is 0 Å². The van der Waals surface area contributed by atoms with Crippen molar-refractivity contribution in [3.8, 4) is 0 Å². The molecule has 0 amide bonds. The largest absolute Gasteiger partial charge is 0.215 e. The van der Waals surface area contributed by atoms with Crippen molar-refractivity contribution in [2.45, 2.75) is 6.42 Å². The highest BCUT2D eigenvalue weighted by molar-refractivity contribution is 14.1. The molecular formula is C7H10INO2S2. The van der Waals surface area contributed by atoms with Gasteiger partial charge in [0.25, 0.3) is 0 Å². The Morgan fingerprint density at radius 2 is 2.23 bits per heavy atom. The van der Waals surface area contributed by atoms with Crippen molar-refractivity contribution in [3.63, 3.8) is 0 Å². The maximum atomic E-state index is 10.7. The number of rotatable bonds is 4. The van der Waals surface area contributed by atoms with Crippen molar-refractivity contribution in [3.05, 3.63) is 19.9 Å². The van der Waals surface area contributed by atoms with Gasteiger partial charge in [-0.25, -0.2) is 13.1 Å². The van der Waals surface area contributed by atoms with Crippen LogP contribution in [0.25, 0.3) is 0 Å². The van der Waals surface area contributed by atoms with Gasteiger partial charge in [-0.15, -0.1) is 11.3 Å². The second kappa shape index (κ2) is 4.72. The summed E-state index contributed by atoms with van der Waals surface area (Å²) >= 11 is 3.94. The lowest BCUT2D eigenvalue weighted by Crippen LogP contribution is -2.23. The molecular weight excluding hydrogens is 321 g/mol. The van der Waals surface area contributed by atoms with Gasteiger partial charge in [0.05, 0.1) is 9.14 Å². The highest BCUT2D eigenvalue weighted by Crippen LogP contribution is 2.18. The summed E-state index contributed by atoms with van der Waals surface area (Å²) in [6.45, 7) is 0.482. The zero-order valence-electron chi connectivity index (χ0n) is 7.08. The summed E-state index contributed by atoms with van der Waals surface area (Å²) in [7, 11) is -3.03. The molecule has 13 heavy (non-hydrogen) atoms. The summed E-state index contributed by atoms with van der Waals surface area (Å²) in [5, 5.41) is 0. The van der Waals surface area contributed by atoms with E-state index in [1.165, 1.54) is 14.0 Å². The van der Waals surface area contributed by atoms with Crippen molar-refractivity contribution in [2.75, 3.05) is 12.8 Å². The minimum Gasteiger partial charge on any atom is -0.215 e. The van der Waals surface area contributed by atoms with E-state index in [0.29, 0.717) is 6.54 Å². The fourth-order valence-electron chi connectivity index (χ4n) is 0.846. The second-order valence-corrected chi connectivity index (χ2v) is 7.52. The lowest BCUT2D eigenvalue weighted by molar-refractivity contribution is 0.588. The van der Waals surface area contributed by atoms with E-state index in [2.05, 4.69) is 27.3 Å². The fraction of sp³-hybridized carbons (Fsp3) is 0.429. The molecule has 0 fully saturated rings. The Kier molecular flexibility index (Phi) is 4.14. The number of sulfonamides is 1. The van der Waals surface area contributed by atoms with Gasteiger partial charge in [-0.05, 0) is 41.1 Å². The van der Waals surface area contributed by atoms with Crippen molar-refractivity contribution in [1.82, 2.24) is 4.72 Å². The van der Waals surface area contributed by atoms with Crippen molar-refractivity contribution >= 4 is 44.0 Å². The van der Waals surface area contributed by atoms with Crippen LogP contribution in [0.5, 0.6) is 0 Å². The van der Waals surface area contributed by atoms with Crippen LogP contribution in [0.1, 0.15) is 4.88 Å². The Morgan fingerprint density at radius 1 is 1.54 bits per heavy atom. The van der Waals surface area contributed by atoms with Crippen LogP contribution in [0.3, 0.4) is 0 Å². The van der Waals surface area contributed by atoms with Gasteiger partial charge < -0.3 is 0 Å². The van der Waals surface area contributed by atoms with Crippen LogP contribution >= 0.6 is 33.9 Å². The summed E-state index contributed by atoms with van der Waals surface area (Å²) in [4.78, 5) is 1.21. The zero-order chi connectivity index (χ0) is 9.90. The van der Waals surface area contributed by atoms with E-state index >= 15 is 0 Å². The van der Waals surface area contributed by atoms with Crippen LogP contribution in [-0.2, 0) is 16.4 Å². The van der Waals surface area contributed by atoms with Crippen LogP contribution in [0.15, 0.2) is 12.1 Å². The predicted molar refractivity (Wildman–Crippen MR) is 63.6 cm³/mol. The lowest BCUT2D eigenvalue weighted by Gasteiger charge is -1.99. The van der Waals surface area contributed by atoms with E-state index in [-0.39, 0.29) is 0 Å². The molecule has 1 rings (SSSR count). The van der Waals surface area contributed by atoms with Crippen molar-refractivity contribution in [2.24, 2.45) is 0 Å². The summed E-state index contributed by atoms with van der Waals surface area (Å²) in [5.41, 5.74) is 0. The third-order valence-electron chi connectivity index (χ3n) is 1.36. The molecule has 0 saturated heterocycles. The summed E-state index contributed by atoms with van der Waals surface area (Å²) in [6.07, 6.45) is 1.94. The smallest absolute Gasteiger partial charge is 0.208 e. The lowest BCUT2D eigenvalue weighted by atomic mass is 10.3. The molecule has 6 heteroatoms. The fourth-order valence-corrected chi connectivity index (χ4v) is 3.07. The Bertz CT molecular complexity index is 372. The average Bonchev–Trinajstić information content (AvgIpc) is 2.33. The molecule has 1 heterocycles. The maximum absolute atomic E-state index is 10.7. The number of hydrogen-bond donors (Lipinski definition) is 1. The van der Waals surface area contributed by atoms with Crippen LogP contribution in [0, 0.1) is 2.88 Å². The molecule has 0 bridgehead atoms. The predicted octanol–water partition coefficient (Wildman–Crippen LogP) is 1.44. The Morgan fingerprint density at radius 3 is 2.69 bits per heavy atom. The SMILES string of the molecule is CS(=O)(=O)NCCc1ccc(I)s1. The number of nitrogens with one attached hydrogen (secondary N) is 1. The third-order valence-corrected chi connectivity index (χ3v) is 4.05. The van der Waals surface area contributed by atoms with E-state index in [1.54, 1.807) is 11.3 Å². The standard InChI is InChI=1S/C7H10INO2S2/c1-13(10,11)9-5-4-6-2-3-7(8)12-6/h2-3,9H,4-5H2,1H3. The van der Waals surface area contributed by atoms with Gasteiger partial charge in [-0.3, -0.25) is 0 Å². The van der Waals surface area contributed by atoms with E-state index in [4.69, 9.17) is 0 Å². The molecule has 0 aliphatic rings.